The highest BCUT2D eigenvalue weighted by Gasteiger charge is 2.17. The Balaban J connectivity index is 1.52. The molecule has 150 valence electrons. The Morgan fingerprint density at radius 1 is 0.933 bits per heavy atom. The van der Waals surface area contributed by atoms with Gasteiger partial charge in [0.1, 0.15) is 5.75 Å². The molecular weight excluding hydrogens is 376 g/mol. The number of carbonyl (C=O) groups excluding carboxylic acids is 1. The van der Waals surface area contributed by atoms with Crippen LogP contribution in [0.1, 0.15) is 22.0 Å². The summed E-state index contributed by atoms with van der Waals surface area (Å²) in [4.78, 5) is 14.5. The van der Waals surface area contributed by atoms with Crippen molar-refractivity contribution in [1.29, 1.82) is 0 Å². The van der Waals surface area contributed by atoms with E-state index in [1.54, 1.807) is 24.3 Å². The second kappa shape index (κ2) is 9.05. The highest BCUT2D eigenvalue weighted by Crippen LogP contribution is 2.24. The normalized spacial score (nSPS) is 11.6. The molecule has 0 fully saturated rings. The van der Waals surface area contributed by atoms with Crippen molar-refractivity contribution < 1.29 is 9.53 Å². The van der Waals surface area contributed by atoms with Crippen LogP contribution in [0.2, 0.25) is 0 Å². The van der Waals surface area contributed by atoms with Crippen molar-refractivity contribution in [2.24, 2.45) is 0 Å². The third kappa shape index (κ3) is 4.55. The Hall–Kier alpha value is -3.93. The van der Waals surface area contributed by atoms with Crippen LogP contribution in [0.3, 0.4) is 0 Å². The summed E-state index contributed by atoms with van der Waals surface area (Å²) in [6.45, 7) is 0.449. The largest absolute Gasteiger partial charge is 0.497 e. The molecule has 1 aromatic heterocycles. The monoisotopic (exact) mass is 398 g/mol. The van der Waals surface area contributed by atoms with Crippen LogP contribution in [0.15, 0.2) is 91.3 Å². The molecule has 0 aliphatic carbocycles. The minimum absolute atomic E-state index is 0.145. The fourth-order valence-corrected chi connectivity index (χ4v) is 3.28. The second-order valence-corrected chi connectivity index (χ2v) is 6.83. The van der Waals surface area contributed by atoms with E-state index in [9.17, 15) is 4.79 Å². The van der Waals surface area contributed by atoms with Gasteiger partial charge in [0, 0.05) is 5.56 Å². The number of nitrogens with one attached hydrogen (secondary N) is 1. The van der Waals surface area contributed by atoms with Crippen LogP contribution >= 0.6 is 0 Å². The van der Waals surface area contributed by atoms with Crippen molar-refractivity contribution in [1.82, 2.24) is 20.3 Å². The zero-order valence-electron chi connectivity index (χ0n) is 16.6. The highest BCUT2D eigenvalue weighted by atomic mass is 16.5. The predicted octanol–water partition coefficient (Wildman–Crippen LogP) is 4.13. The first kappa shape index (κ1) is 19.4. The predicted molar refractivity (Wildman–Crippen MR) is 115 cm³/mol. The van der Waals surface area contributed by atoms with Gasteiger partial charge in [-0.2, -0.15) is 15.0 Å². The van der Waals surface area contributed by atoms with Crippen LogP contribution in [-0.2, 0) is 6.54 Å². The molecule has 0 spiro atoms. The van der Waals surface area contributed by atoms with Gasteiger partial charge in [0.2, 0.25) is 0 Å². The topological polar surface area (TPSA) is 69.0 Å². The van der Waals surface area contributed by atoms with E-state index in [0.29, 0.717) is 12.1 Å². The number of hydrogen-bond acceptors (Lipinski definition) is 4. The van der Waals surface area contributed by atoms with Crippen molar-refractivity contribution in [2.75, 3.05) is 7.11 Å². The summed E-state index contributed by atoms with van der Waals surface area (Å²) >= 11 is 0. The number of nitrogens with zero attached hydrogens (tertiary/aromatic N) is 3. The summed E-state index contributed by atoms with van der Waals surface area (Å²) in [6, 6.07) is 25.0. The van der Waals surface area contributed by atoms with Crippen molar-refractivity contribution in [3.63, 3.8) is 0 Å². The van der Waals surface area contributed by atoms with Crippen LogP contribution < -0.4 is 10.1 Å². The lowest BCUT2D eigenvalue weighted by Gasteiger charge is -2.19. The summed E-state index contributed by atoms with van der Waals surface area (Å²) in [7, 11) is 1.65. The molecule has 1 atom stereocenters. The van der Waals surface area contributed by atoms with Gasteiger partial charge in [-0.15, -0.1) is 0 Å². The average Bonchev–Trinajstić information content (AvgIpc) is 3.32. The minimum Gasteiger partial charge on any atom is -0.497 e. The van der Waals surface area contributed by atoms with Crippen LogP contribution in [0.4, 0.5) is 0 Å². The van der Waals surface area contributed by atoms with Crippen molar-refractivity contribution in [3.8, 4) is 16.9 Å². The molecule has 0 unspecified atom stereocenters. The first-order valence-corrected chi connectivity index (χ1v) is 9.67. The zero-order valence-corrected chi connectivity index (χ0v) is 16.6. The summed E-state index contributed by atoms with van der Waals surface area (Å²) in [5.74, 6) is 0.653. The van der Waals surface area contributed by atoms with E-state index in [4.69, 9.17) is 4.74 Å². The van der Waals surface area contributed by atoms with E-state index in [1.165, 1.54) is 0 Å². The SMILES string of the molecule is COc1cccc(-c2ccc(C(=O)N[C@@H](Cn3nccn3)c3ccccc3)cc2)c1. The quantitative estimate of drug-likeness (QED) is 0.508. The first-order chi connectivity index (χ1) is 14.7. The van der Waals surface area contributed by atoms with Crippen molar-refractivity contribution >= 4 is 5.91 Å². The first-order valence-electron chi connectivity index (χ1n) is 9.67. The third-order valence-electron chi connectivity index (χ3n) is 4.87. The van der Waals surface area contributed by atoms with E-state index in [2.05, 4.69) is 15.5 Å². The molecule has 0 saturated carbocycles. The summed E-state index contributed by atoms with van der Waals surface area (Å²) in [5, 5.41) is 11.4. The third-order valence-corrected chi connectivity index (χ3v) is 4.87. The van der Waals surface area contributed by atoms with E-state index in [0.717, 1.165) is 22.4 Å². The van der Waals surface area contributed by atoms with Crippen LogP contribution in [0, 0.1) is 0 Å². The molecule has 0 radical (unpaired) electrons. The summed E-state index contributed by atoms with van der Waals surface area (Å²) in [5.41, 5.74) is 3.64. The van der Waals surface area contributed by atoms with Crippen molar-refractivity contribution in [2.45, 2.75) is 12.6 Å². The van der Waals surface area contributed by atoms with Crippen molar-refractivity contribution in [3.05, 3.63) is 102 Å². The lowest BCUT2D eigenvalue weighted by molar-refractivity contribution is 0.0931. The zero-order chi connectivity index (χ0) is 20.8. The standard InChI is InChI=1S/C24H22N4O2/c1-30-22-9-5-8-21(16-22)18-10-12-20(13-11-18)24(29)27-23(17-28-25-14-15-26-28)19-6-3-2-4-7-19/h2-16,23H,17H2,1H3,(H,27,29)/t23-/m0/s1. The number of hydrogen-bond donors (Lipinski definition) is 1. The van der Waals surface area contributed by atoms with Crippen LogP contribution in [-0.4, -0.2) is 28.0 Å². The van der Waals surface area contributed by atoms with Gasteiger partial charge in [-0.25, -0.2) is 0 Å². The molecule has 4 aromatic rings. The molecular formula is C24H22N4O2. The molecule has 30 heavy (non-hydrogen) atoms. The van der Waals surface area contributed by atoms with Crippen LogP contribution in [0.5, 0.6) is 5.75 Å². The molecule has 1 N–H and O–H groups in total. The van der Waals surface area contributed by atoms with Gasteiger partial charge in [0.15, 0.2) is 0 Å². The van der Waals surface area contributed by atoms with E-state index in [-0.39, 0.29) is 11.9 Å². The Bertz CT molecular complexity index is 1090. The molecule has 1 heterocycles. The van der Waals surface area contributed by atoms with Gasteiger partial charge in [0.25, 0.3) is 5.91 Å². The lowest BCUT2D eigenvalue weighted by atomic mass is 10.0. The minimum atomic E-state index is -0.246. The summed E-state index contributed by atoms with van der Waals surface area (Å²) in [6.07, 6.45) is 3.25. The Morgan fingerprint density at radius 3 is 2.37 bits per heavy atom. The molecule has 1 amide bonds. The summed E-state index contributed by atoms with van der Waals surface area (Å²) < 4.78 is 5.29. The van der Waals surface area contributed by atoms with Gasteiger partial charge in [0.05, 0.1) is 32.1 Å². The average molecular weight is 398 g/mol. The molecule has 6 nitrogen and oxygen atoms in total. The molecule has 0 saturated heterocycles. The number of carbonyl (C=O) groups is 1. The second-order valence-electron chi connectivity index (χ2n) is 6.83. The Labute approximate surface area is 175 Å². The molecule has 0 bridgehead atoms. The maximum Gasteiger partial charge on any atom is 0.251 e. The van der Waals surface area contributed by atoms with E-state index in [1.807, 2.05) is 78.9 Å². The molecule has 6 heteroatoms. The van der Waals surface area contributed by atoms with Gasteiger partial charge in [-0.3, -0.25) is 4.79 Å². The Kier molecular flexibility index (Phi) is 5.85. The number of rotatable bonds is 7. The number of aromatic nitrogens is 3. The Morgan fingerprint density at radius 2 is 1.67 bits per heavy atom. The molecule has 4 rings (SSSR count). The maximum absolute atomic E-state index is 12.9. The van der Waals surface area contributed by atoms with Gasteiger partial charge < -0.3 is 10.1 Å². The highest BCUT2D eigenvalue weighted by molar-refractivity contribution is 5.95. The smallest absolute Gasteiger partial charge is 0.251 e. The van der Waals surface area contributed by atoms with Crippen LogP contribution in [0.25, 0.3) is 11.1 Å². The molecule has 0 aliphatic heterocycles. The number of amides is 1. The number of methoxy groups -OCH3 is 1. The van der Waals surface area contributed by atoms with E-state index < -0.39 is 0 Å². The lowest BCUT2D eigenvalue weighted by Crippen LogP contribution is -2.32. The van der Waals surface area contributed by atoms with Gasteiger partial charge >= 0.3 is 0 Å². The number of benzene rings is 3. The van der Waals surface area contributed by atoms with Gasteiger partial charge in [-0.1, -0.05) is 54.6 Å². The fraction of sp³-hybridized carbons (Fsp3) is 0.125. The molecule has 3 aromatic carbocycles. The maximum atomic E-state index is 12.9. The molecule has 0 aliphatic rings. The fourth-order valence-electron chi connectivity index (χ4n) is 3.28. The number of ether oxygens (including phenoxy) is 1. The van der Waals surface area contributed by atoms with E-state index >= 15 is 0 Å². The van der Waals surface area contributed by atoms with Gasteiger partial charge in [-0.05, 0) is 41.0 Å².